The predicted molar refractivity (Wildman–Crippen MR) is 111 cm³/mol. The summed E-state index contributed by atoms with van der Waals surface area (Å²) in [5, 5.41) is 11.9. The smallest absolute Gasteiger partial charge is 0.225 e. The molecule has 0 aliphatic carbocycles. The number of likely N-dealkylation sites (tertiary alicyclic amines) is 1. The largest absolute Gasteiger partial charge is 0.497 e. The van der Waals surface area contributed by atoms with Gasteiger partial charge in [-0.25, -0.2) is 0 Å². The van der Waals surface area contributed by atoms with Gasteiger partial charge in [0.25, 0.3) is 0 Å². The lowest BCUT2D eigenvalue weighted by Crippen LogP contribution is -2.38. The number of benzene rings is 2. The number of rotatable bonds is 7. The van der Waals surface area contributed by atoms with Crippen LogP contribution in [0, 0.1) is 17.2 Å². The van der Waals surface area contributed by atoms with E-state index in [1.807, 2.05) is 24.3 Å². The maximum atomic E-state index is 12.7. The number of ketones is 1. The number of anilines is 1. The molecule has 0 bridgehead atoms. The molecule has 1 saturated heterocycles. The van der Waals surface area contributed by atoms with Gasteiger partial charge in [0, 0.05) is 24.4 Å². The third-order valence-corrected chi connectivity index (χ3v) is 5.31. The van der Waals surface area contributed by atoms with Gasteiger partial charge in [-0.05, 0) is 62.3 Å². The number of ether oxygens (including phenoxy) is 1. The monoisotopic (exact) mass is 391 g/mol. The molecule has 2 aromatic rings. The Morgan fingerprint density at radius 3 is 2.48 bits per heavy atom. The van der Waals surface area contributed by atoms with E-state index in [-0.39, 0.29) is 17.6 Å². The van der Waals surface area contributed by atoms with Crippen molar-refractivity contribution >= 4 is 17.4 Å². The third kappa shape index (κ3) is 5.43. The number of para-hydroxylation sites is 1. The van der Waals surface area contributed by atoms with Crippen LogP contribution in [-0.4, -0.2) is 43.3 Å². The molecule has 6 heteroatoms. The number of hydrogen-bond acceptors (Lipinski definition) is 5. The quantitative estimate of drug-likeness (QED) is 0.731. The van der Waals surface area contributed by atoms with Crippen LogP contribution in [0.25, 0.3) is 0 Å². The summed E-state index contributed by atoms with van der Waals surface area (Å²) < 4.78 is 5.14. The number of carbonyl (C=O) groups excluding carboxylic acids is 2. The van der Waals surface area contributed by atoms with E-state index >= 15 is 0 Å². The molecule has 0 aromatic heterocycles. The van der Waals surface area contributed by atoms with Crippen molar-refractivity contribution in [3.63, 3.8) is 0 Å². The van der Waals surface area contributed by atoms with Crippen molar-refractivity contribution in [2.24, 2.45) is 5.92 Å². The van der Waals surface area contributed by atoms with E-state index in [9.17, 15) is 9.59 Å². The lowest BCUT2D eigenvalue weighted by molar-refractivity contribution is -0.116. The van der Waals surface area contributed by atoms with Crippen LogP contribution < -0.4 is 10.1 Å². The Hall–Kier alpha value is -3.17. The van der Waals surface area contributed by atoms with Crippen LogP contribution in [0.5, 0.6) is 5.75 Å². The predicted octanol–water partition coefficient (Wildman–Crippen LogP) is 3.49. The number of carbonyl (C=O) groups is 2. The highest BCUT2D eigenvalue weighted by atomic mass is 16.5. The van der Waals surface area contributed by atoms with E-state index in [0.717, 1.165) is 37.2 Å². The van der Waals surface area contributed by atoms with Crippen LogP contribution in [0.4, 0.5) is 5.69 Å². The second kappa shape index (κ2) is 9.85. The van der Waals surface area contributed by atoms with Crippen molar-refractivity contribution in [2.75, 3.05) is 32.1 Å². The summed E-state index contributed by atoms with van der Waals surface area (Å²) in [6, 6.07) is 16.3. The van der Waals surface area contributed by atoms with Gasteiger partial charge in [0.1, 0.15) is 11.8 Å². The Kier molecular flexibility index (Phi) is 6.99. The SMILES string of the molecule is COc1ccc(C(=O)C2CCN(CCC(=O)Nc3ccccc3C#N)CC2)cc1. The topological polar surface area (TPSA) is 82.4 Å². The number of methoxy groups -OCH3 is 1. The second-order valence-electron chi connectivity index (χ2n) is 7.16. The molecule has 0 radical (unpaired) electrons. The lowest BCUT2D eigenvalue weighted by atomic mass is 9.89. The van der Waals surface area contributed by atoms with E-state index in [1.54, 1.807) is 31.4 Å². The molecule has 3 rings (SSSR count). The number of hydrogen-bond donors (Lipinski definition) is 1. The summed E-state index contributed by atoms with van der Waals surface area (Å²) in [5.74, 6) is 0.838. The number of nitrogens with zero attached hydrogens (tertiary/aromatic N) is 2. The Balaban J connectivity index is 1.44. The number of Topliss-reactive ketones (excluding diaryl/α,β-unsaturated/α-hetero) is 1. The lowest BCUT2D eigenvalue weighted by Gasteiger charge is -2.31. The van der Waals surface area contributed by atoms with Gasteiger partial charge < -0.3 is 15.0 Å². The molecule has 1 amide bonds. The molecule has 0 spiro atoms. The molecule has 1 aliphatic heterocycles. The molecule has 2 aromatic carbocycles. The molecule has 0 saturated carbocycles. The number of nitrogens with one attached hydrogen (secondary N) is 1. The highest BCUT2D eigenvalue weighted by Crippen LogP contribution is 2.23. The molecule has 29 heavy (non-hydrogen) atoms. The van der Waals surface area contributed by atoms with Gasteiger partial charge >= 0.3 is 0 Å². The fraction of sp³-hybridized carbons (Fsp3) is 0.348. The van der Waals surface area contributed by atoms with Crippen LogP contribution in [0.15, 0.2) is 48.5 Å². The molecule has 0 atom stereocenters. The molecule has 6 nitrogen and oxygen atoms in total. The number of nitriles is 1. The minimum Gasteiger partial charge on any atom is -0.497 e. The van der Waals surface area contributed by atoms with E-state index in [4.69, 9.17) is 10.00 Å². The summed E-state index contributed by atoms with van der Waals surface area (Å²) >= 11 is 0. The Labute approximate surface area is 171 Å². The normalized spacial score (nSPS) is 14.8. The van der Waals surface area contributed by atoms with Gasteiger partial charge in [0.15, 0.2) is 5.78 Å². The van der Waals surface area contributed by atoms with Crippen LogP contribution in [0.2, 0.25) is 0 Å². The van der Waals surface area contributed by atoms with Gasteiger partial charge in [-0.2, -0.15) is 5.26 Å². The van der Waals surface area contributed by atoms with Gasteiger partial charge in [0.2, 0.25) is 5.91 Å². The first-order valence-electron chi connectivity index (χ1n) is 9.80. The standard InChI is InChI=1S/C23H25N3O3/c1-29-20-8-6-17(7-9-20)23(28)18-10-13-26(14-11-18)15-12-22(27)25-21-5-3-2-4-19(21)16-24/h2-9,18H,10-15H2,1H3,(H,25,27). The molecule has 1 fully saturated rings. The van der Waals surface area contributed by atoms with Crippen LogP contribution >= 0.6 is 0 Å². The highest BCUT2D eigenvalue weighted by Gasteiger charge is 2.26. The minimum atomic E-state index is -0.107. The summed E-state index contributed by atoms with van der Waals surface area (Å²) in [6.45, 7) is 2.24. The maximum absolute atomic E-state index is 12.7. The van der Waals surface area contributed by atoms with E-state index in [0.29, 0.717) is 24.2 Å². The van der Waals surface area contributed by atoms with E-state index in [2.05, 4.69) is 16.3 Å². The van der Waals surface area contributed by atoms with Crippen molar-refractivity contribution in [3.8, 4) is 11.8 Å². The molecule has 1 N–H and O–H groups in total. The first-order chi connectivity index (χ1) is 14.1. The van der Waals surface area contributed by atoms with Crippen molar-refractivity contribution < 1.29 is 14.3 Å². The highest BCUT2D eigenvalue weighted by molar-refractivity contribution is 5.98. The summed E-state index contributed by atoms with van der Waals surface area (Å²) in [7, 11) is 1.61. The van der Waals surface area contributed by atoms with Crippen LogP contribution in [0.3, 0.4) is 0 Å². The van der Waals surface area contributed by atoms with Crippen LogP contribution in [-0.2, 0) is 4.79 Å². The Bertz CT molecular complexity index is 894. The number of piperidine rings is 1. The Morgan fingerprint density at radius 1 is 1.14 bits per heavy atom. The molecular weight excluding hydrogens is 366 g/mol. The first-order valence-corrected chi connectivity index (χ1v) is 9.80. The summed E-state index contributed by atoms with van der Waals surface area (Å²) in [6.07, 6.45) is 1.95. The van der Waals surface area contributed by atoms with Gasteiger partial charge in [-0.15, -0.1) is 0 Å². The maximum Gasteiger partial charge on any atom is 0.225 e. The van der Waals surface area contributed by atoms with Gasteiger partial charge in [-0.1, -0.05) is 12.1 Å². The fourth-order valence-corrected chi connectivity index (χ4v) is 3.57. The Morgan fingerprint density at radius 2 is 1.83 bits per heavy atom. The zero-order valence-corrected chi connectivity index (χ0v) is 16.6. The van der Waals surface area contributed by atoms with Crippen molar-refractivity contribution in [1.29, 1.82) is 5.26 Å². The second-order valence-corrected chi connectivity index (χ2v) is 7.16. The van der Waals surface area contributed by atoms with E-state index in [1.165, 1.54) is 0 Å². The third-order valence-electron chi connectivity index (χ3n) is 5.31. The van der Waals surface area contributed by atoms with Gasteiger partial charge in [-0.3, -0.25) is 9.59 Å². The summed E-state index contributed by atoms with van der Waals surface area (Å²) in [4.78, 5) is 27.1. The molecular formula is C23H25N3O3. The van der Waals surface area contributed by atoms with Gasteiger partial charge in [0.05, 0.1) is 18.4 Å². The molecule has 1 aliphatic rings. The molecule has 0 unspecified atom stereocenters. The average Bonchev–Trinajstić information content (AvgIpc) is 2.78. The van der Waals surface area contributed by atoms with E-state index < -0.39 is 0 Å². The zero-order chi connectivity index (χ0) is 20.6. The molecule has 150 valence electrons. The average molecular weight is 391 g/mol. The van der Waals surface area contributed by atoms with Crippen molar-refractivity contribution in [1.82, 2.24) is 4.90 Å². The number of amides is 1. The van der Waals surface area contributed by atoms with Crippen LogP contribution in [0.1, 0.15) is 35.2 Å². The minimum absolute atomic E-state index is 0.0241. The molecule has 1 heterocycles. The fourth-order valence-electron chi connectivity index (χ4n) is 3.57. The zero-order valence-electron chi connectivity index (χ0n) is 16.6. The first kappa shape index (κ1) is 20.6. The summed E-state index contributed by atoms with van der Waals surface area (Å²) in [5.41, 5.74) is 1.72. The van der Waals surface area contributed by atoms with Crippen molar-refractivity contribution in [2.45, 2.75) is 19.3 Å². The van der Waals surface area contributed by atoms with Crippen molar-refractivity contribution in [3.05, 3.63) is 59.7 Å².